The molecule has 4 nitrogen and oxygen atoms in total. The molecule has 3 aromatic heterocycles. The molecule has 5 heterocycles. The van der Waals surface area contributed by atoms with Crippen molar-refractivity contribution in [3.63, 3.8) is 0 Å². The van der Waals surface area contributed by atoms with Gasteiger partial charge in [-0.1, -0.05) is 134 Å². The second kappa shape index (κ2) is 12.3. The van der Waals surface area contributed by atoms with Crippen LogP contribution in [0.5, 0.6) is 0 Å². The Bertz CT molecular complexity index is 2630. The summed E-state index contributed by atoms with van der Waals surface area (Å²) in [4.78, 5) is 18.1. The van der Waals surface area contributed by atoms with Gasteiger partial charge in [-0.15, -0.1) is 0 Å². The van der Waals surface area contributed by atoms with Crippen molar-refractivity contribution in [2.75, 3.05) is 0 Å². The van der Waals surface area contributed by atoms with E-state index in [0.717, 1.165) is 94.9 Å². The van der Waals surface area contributed by atoms with E-state index in [4.69, 9.17) is 9.97 Å². The van der Waals surface area contributed by atoms with Gasteiger partial charge in [0.1, 0.15) is 0 Å². The van der Waals surface area contributed by atoms with Crippen LogP contribution in [0.2, 0.25) is 0 Å². The van der Waals surface area contributed by atoms with Crippen LogP contribution in [-0.2, 0) is 0 Å². The van der Waals surface area contributed by atoms with E-state index < -0.39 is 0 Å². The highest BCUT2D eigenvalue weighted by Crippen LogP contribution is 2.46. The van der Waals surface area contributed by atoms with Crippen LogP contribution in [0.1, 0.15) is 39.5 Å². The molecule has 0 saturated carbocycles. The standard InChI is InChI=1S/C46H32N4/c1-2-38-39-28-36-25-23-34(47-36)27-35-24-26-37(48-35)29-40-42(31-17-9-4-10-18-31)43(32-19-11-5-12-20-32)46(50-40)44(33-21-13-6-14-22-33)45(49-39)41(38)30-15-7-3-8-16-30/h2-29,48-49H,1H2. The monoisotopic (exact) mass is 640 g/mol. The Morgan fingerprint density at radius 2 is 1.00 bits per heavy atom. The summed E-state index contributed by atoms with van der Waals surface area (Å²) >= 11 is 0. The van der Waals surface area contributed by atoms with Gasteiger partial charge in [0, 0.05) is 44.4 Å². The Hall–Kier alpha value is -6.78. The number of aromatic amines is 2. The van der Waals surface area contributed by atoms with E-state index in [1.807, 2.05) is 6.08 Å². The summed E-state index contributed by atoms with van der Waals surface area (Å²) < 4.78 is 0. The van der Waals surface area contributed by atoms with E-state index in [1.165, 1.54) is 0 Å². The van der Waals surface area contributed by atoms with Crippen molar-refractivity contribution < 1.29 is 0 Å². The number of rotatable bonds is 5. The minimum Gasteiger partial charge on any atom is -0.355 e. The number of hydrogen-bond acceptors (Lipinski definition) is 2. The molecular weight excluding hydrogens is 609 g/mol. The van der Waals surface area contributed by atoms with E-state index in [-0.39, 0.29) is 0 Å². The van der Waals surface area contributed by atoms with Gasteiger partial charge in [0.25, 0.3) is 0 Å². The molecule has 8 bridgehead atoms. The van der Waals surface area contributed by atoms with Crippen LogP contribution in [0, 0.1) is 0 Å². The van der Waals surface area contributed by atoms with Crippen molar-refractivity contribution in [3.8, 4) is 22.3 Å². The fourth-order valence-corrected chi connectivity index (χ4v) is 7.11. The molecule has 2 aliphatic rings. The largest absolute Gasteiger partial charge is 0.355 e. The molecule has 0 aliphatic carbocycles. The molecule has 50 heavy (non-hydrogen) atoms. The lowest BCUT2D eigenvalue weighted by atomic mass is 9.88. The predicted octanol–water partition coefficient (Wildman–Crippen LogP) is 11.5. The van der Waals surface area contributed by atoms with Gasteiger partial charge in [-0.2, -0.15) is 0 Å². The van der Waals surface area contributed by atoms with Crippen LogP contribution in [0.25, 0.3) is 73.7 Å². The summed E-state index contributed by atoms with van der Waals surface area (Å²) in [6, 6.07) is 52.9. The van der Waals surface area contributed by atoms with Gasteiger partial charge in [-0.05, 0) is 64.7 Å². The summed E-state index contributed by atoms with van der Waals surface area (Å²) in [7, 11) is 0. The van der Waals surface area contributed by atoms with Crippen molar-refractivity contribution in [2.24, 2.45) is 0 Å². The maximum atomic E-state index is 5.63. The molecule has 236 valence electrons. The molecule has 2 N–H and O–H groups in total. The van der Waals surface area contributed by atoms with Gasteiger partial charge in [-0.3, -0.25) is 0 Å². The molecule has 0 radical (unpaired) electrons. The molecular formula is C46H32N4. The number of benzene rings is 4. The molecule has 0 spiro atoms. The average Bonchev–Trinajstić information content (AvgIpc) is 3.96. The van der Waals surface area contributed by atoms with Crippen LogP contribution >= 0.6 is 0 Å². The summed E-state index contributed by atoms with van der Waals surface area (Å²) in [6.07, 6.45) is 6.06. The van der Waals surface area contributed by atoms with Gasteiger partial charge < -0.3 is 9.97 Å². The number of nitrogens with one attached hydrogen (secondary N) is 2. The molecule has 2 aliphatic heterocycles. The van der Waals surface area contributed by atoms with Crippen LogP contribution in [0.3, 0.4) is 0 Å². The average molecular weight is 641 g/mol. The number of hydrogen-bond donors (Lipinski definition) is 2. The van der Waals surface area contributed by atoms with Crippen molar-refractivity contribution in [1.82, 2.24) is 19.9 Å². The van der Waals surface area contributed by atoms with Crippen molar-refractivity contribution in [2.45, 2.75) is 0 Å². The fourth-order valence-electron chi connectivity index (χ4n) is 7.11. The van der Waals surface area contributed by atoms with Gasteiger partial charge in [0.15, 0.2) is 0 Å². The third-order valence-corrected chi connectivity index (χ3v) is 9.29. The van der Waals surface area contributed by atoms with E-state index in [9.17, 15) is 0 Å². The zero-order valence-corrected chi connectivity index (χ0v) is 27.3. The molecule has 9 rings (SSSR count). The lowest BCUT2D eigenvalue weighted by Gasteiger charge is -2.13. The first-order chi connectivity index (χ1) is 24.7. The van der Waals surface area contributed by atoms with Crippen LogP contribution in [-0.4, -0.2) is 19.9 Å². The molecule has 0 fully saturated rings. The third kappa shape index (κ3) is 5.20. The van der Waals surface area contributed by atoms with E-state index in [1.54, 1.807) is 0 Å². The quantitative estimate of drug-likeness (QED) is 0.197. The molecule has 0 amide bonds. The topological polar surface area (TPSA) is 57.4 Å². The maximum Gasteiger partial charge on any atom is 0.0822 e. The molecule has 0 unspecified atom stereocenters. The van der Waals surface area contributed by atoms with Gasteiger partial charge in [-0.25, -0.2) is 9.97 Å². The van der Waals surface area contributed by atoms with E-state index in [2.05, 4.69) is 180 Å². The first-order valence-corrected chi connectivity index (χ1v) is 16.8. The Balaban J connectivity index is 1.56. The number of nitrogens with zero attached hydrogens (tertiary/aromatic N) is 2. The third-order valence-electron chi connectivity index (χ3n) is 9.29. The second-order valence-electron chi connectivity index (χ2n) is 12.4. The second-order valence-corrected chi connectivity index (χ2v) is 12.4. The van der Waals surface area contributed by atoms with Crippen molar-refractivity contribution in [3.05, 3.63) is 198 Å². The number of aromatic nitrogens is 4. The highest BCUT2D eigenvalue weighted by Gasteiger charge is 2.28. The Kier molecular flexibility index (Phi) is 7.25. The fraction of sp³-hybridized carbons (Fsp3) is 0. The van der Waals surface area contributed by atoms with Gasteiger partial charge >= 0.3 is 0 Å². The summed E-state index contributed by atoms with van der Waals surface area (Å²) in [6.45, 7) is 4.32. The van der Waals surface area contributed by atoms with E-state index >= 15 is 0 Å². The minimum absolute atomic E-state index is 0.864. The molecule has 4 heteroatoms. The Morgan fingerprint density at radius 1 is 0.480 bits per heavy atom. The van der Waals surface area contributed by atoms with Crippen molar-refractivity contribution >= 4 is 51.4 Å². The van der Waals surface area contributed by atoms with Gasteiger partial charge in [0.2, 0.25) is 0 Å². The normalized spacial score (nSPS) is 12.3. The van der Waals surface area contributed by atoms with E-state index in [0.29, 0.717) is 0 Å². The van der Waals surface area contributed by atoms with Crippen LogP contribution in [0.15, 0.2) is 158 Å². The van der Waals surface area contributed by atoms with Crippen molar-refractivity contribution in [1.29, 1.82) is 0 Å². The Morgan fingerprint density at radius 3 is 1.60 bits per heavy atom. The minimum atomic E-state index is 0.864. The molecule has 0 atom stereocenters. The smallest absolute Gasteiger partial charge is 0.0822 e. The summed E-state index contributed by atoms with van der Waals surface area (Å²) in [5, 5.41) is 0. The first-order valence-electron chi connectivity index (χ1n) is 16.8. The summed E-state index contributed by atoms with van der Waals surface area (Å²) in [5.41, 5.74) is 16.9. The van der Waals surface area contributed by atoms with Gasteiger partial charge in [0.05, 0.1) is 28.3 Å². The highest BCUT2D eigenvalue weighted by atomic mass is 14.8. The lowest BCUT2D eigenvalue weighted by Crippen LogP contribution is -1.94. The maximum absolute atomic E-state index is 5.63. The first kappa shape index (κ1) is 29.4. The van der Waals surface area contributed by atoms with Crippen LogP contribution in [0.4, 0.5) is 0 Å². The summed E-state index contributed by atoms with van der Waals surface area (Å²) in [5.74, 6) is 0. The lowest BCUT2D eigenvalue weighted by molar-refractivity contribution is 1.30. The zero-order valence-electron chi connectivity index (χ0n) is 27.3. The SMILES string of the molecule is C=Cc1c(-c2ccccc2)c2[nH]c1cc1nc(cc3ccc(cc4nc(c2-c2ccccc2)C(c2ccccc2)=C4c2ccccc2)[nH]3)C=C1. The molecule has 0 saturated heterocycles. The zero-order chi connectivity index (χ0) is 33.4. The number of fused-ring (bicyclic) bond motifs is 8. The van der Waals surface area contributed by atoms with Crippen LogP contribution < -0.4 is 0 Å². The molecule has 7 aromatic rings. The predicted molar refractivity (Wildman–Crippen MR) is 209 cm³/mol. The highest BCUT2D eigenvalue weighted by molar-refractivity contribution is 6.12. The molecule has 4 aromatic carbocycles. The Labute approximate surface area is 290 Å². The number of H-pyrrole nitrogens is 2.